The molecule has 7 heteroatoms. The highest BCUT2D eigenvalue weighted by atomic mass is 35.5. The molecule has 0 spiro atoms. The molecule has 3 rings (SSSR count). The van der Waals surface area contributed by atoms with Crippen LogP contribution in [0.5, 0.6) is 0 Å². The lowest BCUT2D eigenvalue weighted by Crippen LogP contribution is -2.00. The van der Waals surface area contributed by atoms with Crippen molar-refractivity contribution >= 4 is 17.3 Å². The van der Waals surface area contributed by atoms with Gasteiger partial charge in [-0.2, -0.15) is 0 Å². The first kappa shape index (κ1) is 13.5. The van der Waals surface area contributed by atoms with Crippen molar-refractivity contribution < 1.29 is 4.39 Å². The van der Waals surface area contributed by atoms with E-state index in [1.54, 1.807) is 16.8 Å². The molecular weight excluding hydrogens is 293 g/mol. The quantitative estimate of drug-likeness (QED) is 0.805. The molecule has 5 nitrogen and oxygen atoms in total. The summed E-state index contributed by atoms with van der Waals surface area (Å²) in [5.74, 6) is -0.411. The lowest BCUT2D eigenvalue weighted by atomic mass is 10.2. The van der Waals surface area contributed by atoms with Crippen molar-refractivity contribution in [3.63, 3.8) is 0 Å². The molecule has 0 fully saturated rings. The number of tetrazole rings is 1. The molecule has 0 aliphatic carbocycles. The number of aromatic nitrogens is 4. The Morgan fingerprint density at radius 1 is 1.14 bits per heavy atom. The van der Waals surface area contributed by atoms with Gasteiger partial charge in [0, 0.05) is 12.2 Å². The highest BCUT2D eigenvalue weighted by Gasteiger charge is 2.02. The molecule has 1 heterocycles. The second-order valence-electron chi connectivity index (χ2n) is 4.40. The van der Waals surface area contributed by atoms with Gasteiger partial charge in [0.05, 0.1) is 10.7 Å². The van der Waals surface area contributed by atoms with Crippen LogP contribution in [-0.2, 0) is 6.54 Å². The summed E-state index contributed by atoms with van der Waals surface area (Å²) in [6.45, 7) is 0.560. The second-order valence-corrected chi connectivity index (χ2v) is 4.81. The Hall–Kier alpha value is -2.47. The molecule has 0 aliphatic rings. The van der Waals surface area contributed by atoms with E-state index in [1.807, 2.05) is 24.3 Å². The van der Waals surface area contributed by atoms with Crippen LogP contribution in [0.4, 0.5) is 10.1 Å². The van der Waals surface area contributed by atoms with Gasteiger partial charge in [0.2, 0.25) is 0 Å². The number of rotatable bonds is 4. The smallest absolute Gasteiger partial charge is 0.143 e. The van der Waals surface area contributed by atoms with Gasteiger partial charge in [0.1, 0.15) is 12.1 Å². The molecule has 1 aromatic heterocycles. The van der Waals surface area contributed by atoms with E-state index in [-0.39, 0.29) is 5.02 Å². The van der Waals surface area contributed by atoms with Gasteiger partial charge < -0.3 is 5.32 Å². The molecule has 0 unspecified atom stereocenters. The summed E-state index contributed by atoms with van der Waals surface area (Å²) in [6, 6.07) is 12.3. The van der Waals surface area contributed by atoms with E-state index in [0.29, 0.717) is 6.54 Å². The number of nitrogens with zero attached hydrogens (tertiary/aromatic N) is 4. The normalized spacial score (nSPS) is 10.6. The maximum atomic E-state index is 13.1. The van der Waals surface area contributed by atoms with Crippen LogP contribution < -0.4 is 5.32 Å². The van der Waals surface area contributed by atoms with Crippen LogP contribution in [0.3, 0.4) is 0 Å². The van der Waals surface area contributed by atoms with Crippen LogP contribution in [-0.4, -0.2) is 20.2 Å². The van der Waals surface area contributed by atoms with Crippen LogP contribution in [0.1, 0.15) is 5.56 Å². The highest BCUT2D eigenvalue weighted by molar-refractivity contribution is 6.30. The fourth-order valence-corrected chi connectivity index (χ4v) is 2.07. The molecule has 21 heavy (non-hydrogen) atoms. The topological polar surface area (TPSA) is 55.6 Å². The molecular formula is C14H11ClFN5. The third-order valence-corrected chi connectivity index (χ3v) is 3.25. The Kier molecular flexibility index (Phi) is 3.79. The Balaban J connectivity index is 1.66. The number of anilines is 1. The van der Waals surface area contributed by atoms with Gasteiger partial charge in [-0.15, -0.1) is 5.10 Å². The zero-order valence-electron chi connectivity index (χ0n) is 10.9. The van der Waals surface area contributed by atoms with Crippen molar-refractivity contribution in [3.05, 3.63) is 65.2 Å². The lowest BCUT2D eigenvalue weighted by Gasteiger charge is -2.08. The second kappa shape index (κ2) is 5.88. The van der Waals surface area contributed by atoms with E-state index < -0.39 is 5.82 Å². The maximum absolute atomic E-state index is 13.1. The third kappa shape index (κ3) is 3.17. The summed E-state index contributed by atoms with van der Waals surface area (Å²) >= 11 is 5.75. The first-order valence-corrected chi connectivity index (χ1v) is 6.61. The van der Waals surface area contributed by atoms with Crippen LogP contribution >= 0.6 is 11.6 Å². The number of hydrogen-bond donors (Lipinski definition) is 1. The molecule has 0 radical (unpaired) electrons. The largest absolute Gasteiger partial charge is 0.381 e. The fraction of sp³-hybridized carbons (Fsp3) is 0.0714. The van der Waals surface area contributed by atoms with Gasteiger partial charge in [-0.1, -0.05) is 17.7 Å². The minimum Gasteiger partial charge on any atom is -0.381 e. The Morgan fingerprint density at radius 2 is 1.95 bits per heavy atom. The van der Waals surface area contributed by atoms with Crippen molar-refractivity contribution in [1.29, 1.82) is 0 Å². The molecule has 106 valence electrons. The zero-order valence-corrected chi connectivity index (χ0v) is 11.6. The van der Waals surface area contributed by atoms with Crippen molar-refractivity contribution in [3.8, 4) is 5.69 Å². The van der Waals surface area contributed by atoms with E-state index in [1.165, 1.54) is 12.4 Å². The number of benzene rings is 2. The van der Waals surface area contributed by atoms with Crippen molar-refractivity contribution in [2.24, 2.45) is 0 Å². The van der Waals surface area contributed by atoms with Crippen molar-refractivity contribution in [2.45, 2.75) is 6.54 Å². The molecule has 0 saturated heterocycles. The monoisotopic (exact) mass is 303 g/mol. The minimum absolute atomic E-state index is 0.128. The molecule has 2 aromatic carbocycles. The van der Waals surface area contributed by atoms with Crippen molar-refractivity contribution in [1.82, 2.24) is 20.2 Å². The number of hydrogen-bond acceptors (Lipinski definition) is 4. The van der Waals surface area contributed by atoms with Gasteiger partial charge in [-0.3, -0.25) is 0 Å². The summed E-state index contributed by atoms with van der Waals surface area (Å²) in [5, 5.41) is 14.4. The van der Waals surface area contributed by atoms with Gasteiger partial charge in [-0.25, -0.2) is 9.07 Å². The van der Waals surface area contributed by atoms with Crippen LogP contribution in [0, 0.1) is 5.82 Å². The minimum atomic E-state index is -0.411. The van der Waals surface area contributed by atoms with Gasteiger partial charge in [0.15, 0.2) is 0 Å². The Morgan fingerprint density at radius 3 is 2.62 bits per heavy atom. The van der Waals surface area contributed by atoms with Crippen LogP contribution in [0.2, 0.25) is 5.02 Å². The molecule has 0 atom stereocenters. The van der Waals surface area contributed by atoms with Gasteiger partial charge in [-0.05, 0) is 52.4 Å². The number of nitrogens with one attached hydrogen (secondary N) is 1. The standard InChI is InChI=1S/C14H11ClFN5/c15-13-7-10(1-6-14(13)16)8-17-11-2-4-12(5-3-11)21-9-18-19-20-21/h1-7,9,17H,8H2. The van der Waals surface area contributed by atoms with Crippen LogP contribution in [0.25, 0.3) is 5.69 Å². The molecule has 1 N–H and O–H groups in total. The first-order valence-electron chi connectivity index (χ1n) is 6.23. The first-order chi connectivity index (χ1) is 10.2. The van der Waals surface area contributed by atoms with Crippen LogP contribution in [0.15, 0.2) is 48.8 Å². The van der Waals surface area contributed by atoms with Gasteiger partial charge in [0.25, 0.3) is 0 Å². The maximum Gasteiger partial charge on any atom is 0.143 e. The third-order valence-electron chi connectivity index (χ3n) is 2.96. The predicted octanol–water partition coefficient (Wildman–Crippen LogP) is 3.07. The zero-order chi connectivity index (χ0) is 14.7. The summed E-state index contributed by atoms with van der Waals surface area (Å²) in [4.78, 5) is 0. The molecule has 0 amide bonds. The molecule has 0 saturated carbocycles. The molecule has 0 bridgehead atoms. The summed E-state index contributed by atoms with van der Waals surface area (Å²) < 4.78 is 14.6. The summed E-state index contributed by atoms with van der Waals surface area (Å²) in [5.41, 5.74) is 2.72. The summed E-state index contributed by atoms with van der Waals surface area (Å²) in [6.07, 6.45) is 1.53. The Bertz CT molecular complexity index is 728. The van der Waals surface area contributed by atoms with E-state index in [2.05, 4.69) is 20.8 Å². The SMILES string of the molecule is Fc1ccc(CNc2ccc(-n3cnnn3)cc2)cc1Cl. The molecule has 0 aliphatic heterocycles. The lowest BCUT2D eigenvalue weighted by molar-refractivity contribution is 0.627. The molecule has 3 aromatic rings. The average molecular weight is 304 g/mol. The Labute approximate surface area is 125 Å². The number of halogens is 2. The van der Waals surface area contributed by atoms with Gasteiger partial charge >= 0.3 is 0 Å². The van der Waals surface area contributed by atoms with E-state index >= 15 is 0 Å². The summed E-state index contributed by atoms with van der Waals surface area (Å²) in [7, 11) is 0. The predicted molar refractivity (Wildman–Crippen MR) is 77.9 cm³/mol. The fourth-order valence-electron chi connectivity index (χ4n) is 1.87. The van der Waals surface area contributed by atoms with E-state index in [0.717, 1.165) is 16.9 Å². The average Bonchev–Trinajstić information content (AvgIpc) is 3.03. The van der Waals surface area contributed by atoms with E-state index in [9.17, 15) is 4.39 Å². The van der Waals surface area contributed by atoms with Crippen molar-refractivity contribution in [2.75, 3.05) is 5.32 Å². The van der Waals surface area contributed by atoms with E-state index in [4.69, 9.17) is 11.6 Å². The highest BCUT2D eigenvalue weighted by Crippen LogP contribution is 2.18.